The summed E-state index contributed by atoms with van der Waals surface area (Å²) in [5.41, 5.74) is -0.321. The molecule has 0 unspecified atom stereocenters. The number of esters is 1. The maximum Gasteiger partial charge on any atom is 0.339 e. The molecule has 3 rings (SSSR count). The molecule has 8 nitrogen and oxygen atoms in total. The molecule has 0 atom stereocenters. The minimum Gasteiger partial charge on any atom is -0.495 e. The number of aromatic amines is 1. The van der Waals surface area contributed by atoms with E-state index in [-0.39, 0.29) is 22.6 Å². The molecule has 188 valence electrons. The zero-order valence-electron chi connectivity index (χ0n) is 20.7. The van der Waals surface area contributed by atoms with Gasteiger partial charge in [0, 0.05) is 35.3 Å². The SMILES string of the molecule is COC(=O)c1cc(NSC)ccc1C#Cc1c(F)c(-n2ccc(=O)[nH]c2=O)cc(C(C)(C)C)c1OC. The van der Waals surface area contributed by atoms with Crippen molar-refractivity contribution in [2.75, 3.05) is 25.2 Å². The fraction of sp³-hybridized carbons (Fsp3) is 0.269. The Morgan fingerprint density at radius 2 is 1.86 bits per heavy atom. The third kappa shape index (κ3) is 5.47. The molecular formula is C26H26FN3O5S. The molecule has 10 heteroatoms. The number of ether oxygens (including phenoxy) is 2. The number of nitrogens with one attached hydrogen (secondary N) is 2. The molecule has 0 aliphatic carbocycles. The number of carbonyl (C=O) groups is 1. The van der Waals surface area contributed by atoms with Gasteiger partial charge in [0.05, 0.1) is 25.5 Å². The largest absolute Gasteiger partial charge is 0.495 e. The molecule has 0 aliphatic rings. The number of aromatic nitrogens is 2. The number of benzene rings is 2. The van der Waals surface area contributed by atoms with Gasteiger partial charge in [-0.15, -0.1) is 0 Å². The number of nitrogens with zero attached hydrogens (tertiary/aromatic N) is 1. The predicted octanol–water partition coefficient (Wildman–Crippen LogP) is 3.85. The predicted molar refractivity (Wildman–Crippen MR) is 139 cm³/mol. The van der Waals surface area contributed by atoms with E-state index in [1.165, 1.54) is 38.4 Å². The summed E-state index contributed by atoms with van der Waals surface area (Å²) in [6.07, 6.45) is 3.04. The molecule has 0 aliphatic heterocycles. The molecule has 1 aromatic heterocycles. The quantitative estimate of drug-likeness (QED) is 0.305. The summed E-state index contributed by atoms with van der Waals surface area (Å²) in [4.78, 5) is 38.5. The molecule has 1 heterocycles. The first-order valence-electron chi connectivity index (χ1n) is 10.8. The van der Waals surface area contributed by atoms with E-state index in [0.29, 0.717) is 16.8 Å². The van der Waals surface area contributed by atoms with E-state index in [1.807, 2.05) is 27.0 Å². The van der Waals surface area contributed by atoms with Crippen molar-refractivity contribution in [1.29, 1.82) is 0 Å². The Balaban J connectivity index is 2.33. The highest BCUT2D eigenvalue weighted by atomic mass is 32.2. The van der Waals surface area contributed by atoms with Crippen LogP contribution in [0.25, 0.3) is 5.69 Å². The minimum atomic E-state index is -0.818. The van der Waals surface area contributed by atoms with Gasteiger partial charge < -0.3 is 14.2 Å². The van der Waals surface area contributed by atoms with Gasteiger partial charge in [0.25, 0.3) is 5.56 Å². The van der Waals surface area contributed by atoms with Gasteiger partial charge in [0.15, 0.2) is 5.82 Å². The molecule has 0 amide bonds. The van der Waals surface area contributed by atoms with Crippen molar-refractivity contribution in [2.45, 2.75) is 26.2 Å². The van der Waals surface area contributed by atoms with Crippen LogP contribution in [-0.4, -0.2) is 36.0 Å². The first-order chi connectivity index (χ1) is 17.0. The summed E-state index contributed by atoms with van der Waals surface area (Å²) in [5, 5.41) is 0. The number of halogens is 1. The van der Waals surface area contributed by atoms with Crippen LogP contribution in [0.3, 0.4) is 0 Å². The Morgan fingerprint density at radius 3 is 2.44 bits per heavy atom. The lowest BCUT2D eigenvalue weighted by molar-refractivity contribution is 0.0600. The molecule has 0 radical (unpaired) electrons. The fourth-order valence-corrected chi connectivity index (χ4v) is 3.90. The van der Waals surface area contributed by atoms with Crippen LogP contribution >= 0.6 is 11.9 Å². The van der Waals surface area contributed by atoms with Gasteiger partial charge in [-0.3, -0.25) is 14.3 Å². The van der Waals surface area contributed by atoms with Crippen LogP contribution in [0.5, 0.6) is 5.75 Å². The van der Waals surface area contributed by atoms with E-state index in [9.17, 15) is 14.4 Å². The lowest BCUT2D eigenvalue weighted by Gasteiger charge is -2.25. The van der Waals surface area contributed by atoms with Crippen LogP contribution in [0.2, 0.25) is 0 Å². The fourth-order valence-electron chi connectivity index (χ4n) is 3.53. The number of anilines is 1. The highest BCUT2D eigenvalue weighted by molar-refractivity contribution is 7.99. The first-order valence-corrected chi connectivity index (χ1v) is 12.0. The molecular weight excluding hydrogens is 485 g/mol. The van der Waals surface area contributed by atoms with E-state index >= 15 is 4.39 Å². The first kappa shape index (κ1) is 26.6. The summed E-state index contributed by atoms with van der Waals surface area (Å²) < 4.78 is 30.4. The topological polar surface area (TPSA) is 102 Å². The Bertz CT molecular complexity index is 1490. The third-order valence-corrected chi connectivity index (χ3v) is 5.70. The van der Waals surface area contributed by atoms with E-state index in [0.717, 1.165) is 10.6 Å². The molecule has 2 aromatic carbocycles. The molecule has 36 heavy (non-hydrogen) atoms. The van der Waals surface area contributed by atoms with E-state index in [1.54, 1.807) is 18.2 Å². The Labute approximate surface area is 212 Å². The molecule has 0 saturated carbocycles. The summed E-state index contributed by atoms with van der Waals surface area (Å²) in [6, 6.07) is 7.58. The second-order valence-corrected chi connectivity index (χ2v) is 9.32. The van der Waals surface area contributed by atoms with Gasteiger partial charge >= 0.3 is 11.7 Å². The number of H-pyrrole nitrogens is 1. The molecule has 2 N–H and O–H groups in total. The number of carbonyl (C=O) groups excluding carboxylic acids is 1. The van der Waals surface area contributed by atoms with Crippen molar-refractivity contribution in [1.82, 2.24) is 9.55 Å². The third-order valence-electron chi connectivity index (χ3n) is 5.26. The van der Waals surface area contributed by atoms with Crippen molar-refractivity contribution >= 4 is 23.6 Å². The van der Waals surface area contributed by atoms with Crippen molar-refractivity contribution in [3.8, 4) is 23.3 Å². The zero-order valence-corrected chi connectivity index (χ0v) is 21.6. The van der Waals surface area contributed by atoms with Crippen LogP contribution in [0.1, 0.15) is 47.8 Å². The van der Waals surface area contributed by atoms with Crippen molar-refractivity contribution in [3.63, 3.8) is 0 Å². The smallest absolute Gasteiger partial charge is 0.339 e. The molecule has 0 fully saturated rings. The summed E-state index contributed by atoms with van der Waals surface area (Å²) in [7, 11) is 2.67. The molecule has 0 bridgehead atoms. The highest BCUT2D eigenvalue weighted by Crippen LogP contribution is 2.37. The van der Waals surface area contributed by atoms with Crippen LogP contribution in [-0.2, 0) is 10.2 Å². The van der Waals surface area contributed by atoms with E-state index in [2.05, 4.69) is 21.5 Å². The van der Waals surface area contributed by atoms with Crippen LogP contribution in [0, 0.1) is 17.7 Å². The minimum absolute atomic E-state index is 0.0971. The Morgan fingerprint density at radius 1 is 1.14 bits per heavy atom. The monoisotopic (exact) mass is 511 g/mol. The summed E-state index contributed by atoms with van der Waals surface area (Å²) >= 11 is 1.36. The number of hydrogen-bond donors (Lipinski definition) is 2. The van der Waals surface area contributed by atoms with Gasteiger partial charge in [-0.2, -0.15) is 0 Å². The maximum atomic E-state index is 15.9. The van der Waals surface area contributed by atoms with Gasteiger partial charge in [-0.05, 0) is 29.7 Å². The van der Waals surface area contributed by atoms with Gasteiger partial charge in [-0.25, -0.2) is 14.0 Å². The standard InChI is InChI=1S/C26H26FN3O5S/c1-26(2,3)19-14-20(30-12-11-21(31)28-25(30)33)22(27)17(23(19)34-4)10-8-15-7-9-16(29-36-6)13-18(15)24(32)35-5/h7,9,11-14,29H,1-6H3,(H,28,31,33). The lowest BCUT2D eigenvalue weighted by atomic mass is 9.84. The second-order valence-electron chi connectivity index (χ2n) is 8.70. The van der Waals surface area contributed by atoms with E-state index < -0.39 is 28.5 Å². The number of methoxy groups -OCH3 is 2. The number of hydrogen-bond acceptors (Lipinski definition) is 7. The van der Waals surface area contributed by atoms with Crippen LogP contribution in [0.4, 0.5) is 10.1 Å². The molecule has 0 saturated heterocycles. The molecule has 3 aromatic rings. The van der Waals surface area contributed by atoms with Gasteiger partial charge in [0.1, 0.15) is 11.3 Å². The Hall–Kier alpha value is -3.97. The van der Waals surface area contributed by atoms with Crippen molar-refractivity contribution in [2.24, 2.45) is 0 Å². The van der Waals surface area contributed by atoms with E-state index in [4.69, 9.17) is 9.47 Å². The number of rotatable bonds is 5. The molecule has 0 spiro atoms. The average molecular weight is 512 g/mol. The summed E-state index contributed by atoms with van der Waals surface area (Å²) in [5.74, 6) is 4.45. The second kappa shape index (κ2) is 10.7. The van der Waals surface area contributed by atoms with Crippen LogP contribution in [0.15, 0.2) is 46.1 Å². The van der Waals surface area contributed by atoms with Crippen LogP contribution < -0.4 is 20.7 Å². The van der Waals surface area contributed by atoms with Gasteiger partial charge in [0.2, 0.25) is 0 Å². The Kier molecular flexibility index (Phi) is 7.95. The van der Waals surface area contributed by atoms with Crippen molar-refractivity contribution < 1.29 is 18.7 Å². The normalized spacial score (nSPS) is 10.9. The van der Waals surface area contributed by atoms with Crippen molar-refractivity contribution in [3.05, 3.63) is 85.4 Å². The maximum absolute atomic E-state index is 15.9. The lowest BCUT2D eigenvalue weighted by Crippen LogP contribution is -2.28. The highest BCUT2D eigenvalue weighted by Gasteiger charge is 2.27. The zero-order chi connectivity index (χ0) is 26.6. The van der Waals surface area contributed by atoms with Gasteiger partial charge in [-0.1, -0.05) is 44.6 Å². The average Bonchev–Trinajstić information content (AvgIpc) is 2.82. The summed E-state index contributed by atoms with van der Waals surface area (Å²) in [6.45, 7) is 5.73.